The molecule has 0 aromatic heterocycles. The van der Waals surface area contributed by atoms with Crippen LogP contribution >= 0.6 is 0 Å². The van der Waals surface area contributed by atoms with E-state index in [4.69, 9.17) is 0 Å². The van der Waals surface area contributed by atoms with Gasteiger partial charge in [0.25, 0.3) is 0 Å². The number of sulfone groups is 1. The van der Waals surface area contributed by atoms with Crippen LogP contribution in [0.1, 0.15) is 22.7 Å². The molecule has 180 valence electrons. The van der Waals surface area contributed by atoms with Crippen LogP contribution < -0.4 is 4.90 Å². The first-order valence-corrected chi connectivity index (χ1v) is 12.6. The van der Waals surface area contributed by atoms with Crippen LogP contribution in [0.2, 0.25) is 0 Å². The summed E-state index contributed by atoms with van der Waals surface area (Å²) in [5.74, 6) is -1.28. The molecule has 1 heterocycles. The van der Waals surface area contributed by atoms with Gasteiger partial charge in [0.05, 0.1) is 16.5 Å². The fraction of sp³-hybridized carbons (Fsp3) is 0.280. The summed E-state index contributed by atoms with van der Waals surface area (Å²) < 4.78 is 76.9. The molecule has 1 saturated heterocycles. The normalized spacial score (nSPS) is 17.7. The molecular formula is C25H24F4N2O2S. The Labute approximate surface area is 196 Å². The third-order valence-corrected chi connectivity index (χ3v) is 7.12. The molecule has 4 rings (SSSR count). The highest BCUT2D eigenvalue weighted by atomic mass is 32.2. The van der Waals surface area contributed by atoms with Crippen molar-refractivity contribution < 1.29 is 26.0 Å². The molecule has 4 nitrogen and oxygen atoms in total. The highest BCUT2D eigenvalue weighted by Crippen LogP contribution is 2.34. The molecule has 1 aliphatic rings. The van der Waals surface area contributed by atoms with E-state index >= 15 is 0 Å². The fourth-order valence-corrected chi connectivity index (χ4v) is 4.93. The summed E-state index contributed by atoms with van der Waals surface area (Å²) in [6.07, 6.45) is -3.57. The highest BCUT2D eigenvalue weighted by molar-refractivity contribution is 7.90. The molecule has 9 heteroatoms. The third kappa shape index (κ3) is 5.42. The topological polar surface area (TPSA) is 40.6 Å². The van der Waals surface area contributed by atoms with E-state index in [1.165, 1.54) is 12.3 Å². The largest absolute Gasteiger partial charge is 0.419 e. The molecule has 0 aliphatic carbocycles. The average molecular weight is 493 g/mol. The summed E-state index contributed by atoms with van der Waals surface area (Å²) in [7, 11) is -3.35. The van der Waals surface area contributed by atoms with Gasteiger partial charge in [-0.3, -0.25) is 4.90 Å². The Balaban J connectivity index is 1.61. The van der Waals surface area contributed by atoms with Crippen molar-refractivity contribution in [1.29, 1.82) is 0 Å². The number of nitrogens with zero attached hydrogens (tertiary/aromatic N) is 2. The predicted molar refractivity (Wildman–Crippen MR) is 123 cm³/mol. The number of hydrogen-bond donors (Lipinski definition) is 0. The van der Waals surface area contributed by atoms with E-state index in [0.717, 1.165) is 23.4 Å². The van der Waals surface area contributed by atoms with E-state index < -0.39 is 27.4 Å². The van der Waals surface area contributed by atoms with Gasteiger partial charge in [0, 0.05) is 38.1 Å². The van der Waals surface area contributed by atoms with Crippen LogP contribution in [0, 0.1) is 5.82 Å². The first-order valence-electron chi connectivity index (χ1n) is 10.7. The molecule has 1 aliphatic heterocycles. The molecular weight excluding hydrogens is 468 g/mol. The molecule has 34 heavy (non-hydrogen) atoms. The van der Waals surface area contributed by atoms with Crippen LogP contribution in [0.4, 0.5) is 23.2 Å². The zero-order valence-corrected chi connectivity index (χ0v) is 19.3. The van der Waals surface area contributed by atoms with Crippen molar-refractivity contribution in [2.24, 2.45) is 0 Å². The van der Waals surface area contributed by atoms with E-state index in [-0.39, 0.29) is 17.5 Å². The van der Waals surface area contributed by atoms with Gasteiger partial charge in [0.1, 0.15) is 5.82 Å². The van der Waals surface area contributed by atoms with Crippen molar-refractivity contribution in [3.63, 3.8) is 0 Å². The van der Waals surface area contributed by atoms with Crippen LogP contribution in [-0.2, 0) is 22.6 Å². The second-order valence-electron chi connectivity index (χ2n) is 8.42. The number of piperazine rings is 1. The van der Waals surface area contributed by atoms with E-state index in [2.05, 4.69) is 9.80 Å². The van der Waals surface area contributed by atoms with Crippen molar-refractivity contribution in [3.8, 4) is 0 Å². The molecule has 1 atom stereocenters. The lowest BCUT2D eigenvalue weighted by molar-refractivity contribution is -0.140. The summed E-state index contributed by atoms with van der Waals surface area (Å²) in [6.45, 7) is 1.97. The molecule has 3 aromatic rings. The average Bonchev–Trinajstić information content (AvgIpc) is 2.79. The van der Waals surface area contributed by atoms with Crippen LogP contribution in [0.15, 0.2) is 77.7 Å². The van der Waals surface area contributed by atoms with Crippen molar-refractivity contribution in [1.82, 2.24) is 4.90 Å². The SMILES string of the molecule is CS(=O)(=O)c1cccc(N2CCN(Cc3ccc(C(F)(F)F)c(F)c3)C(c3ccccc3)C2)c1. The molecule has 3 aromatic carbocycles. The number of halogens is 4. The Bertz CT molecular complexity index is 1260. The number of hydrogen-bond acceptors (Lipinski definition) is 4. The molecule has 1 fully saturated rings. The highest BCUT2D eigenvalue weighted by Gasteiger charge is 2.34. The van der Waals surface area contributed by atoms with Gasteiger partial charge in [0.15, 0.2) is 9.84 Å². The molecule has 0 radical (unpaired) electrons. The smallest absolute Gasteiger partial charge is 0.368 e. The zero-order chi connectivity index (χ0) is 24.5. The van der Waals surface area contributed by atoms with Crippen molar-refractivity contribution in [3.05, 3.63) is 95.3 Å². The first-order chi connectivity index (χ1) is 16.0. The summed E-state index contributed by atoms with van der Waals surface area (Å²) in [5.41, 5.74) is 0.980. The number of anilines is 1. The van der Waals surface area contributed by atoms with E-state index in [0.29, 0.717) is 25.2 Å². The van der Waals surface area contributed by atoms with Crippen LogP contribution in [0.3, 0.4) is 0 Å². The van der Waals surface area contributed by atoms with E-state index in [1.54, 1.807) is 18.2 Å². The van der Waals surface area contributed by atoms with Crippen LogP contribution in [0.5, 0.6) is 0 Å². The Morgan fingerprint density at radius 3 is 2.32 bits per heavy atom. The number of rotatable bonds is 5. The lowest BCUT2D eigenvalue weighted by Crippen LogP contribution is -2.48. The Kier molecular flexibility index (Phi) is 6.69. The summed E-state index contributed by atoms with van der Waals surface area (Å²) in [4.78, 5) is 4.44. The fourth-order valence-electron chi connectivity index (χ4n) is 4.27. The van der Waals surface area contributed by atoms with Gasteiger partial charge < -0.3 is 4.90 Å². The second-order valence-corrected chi connectivity index (χ2v) is 10.4. The maximum absolute atomic E-state index is 14.1. The summed E-state index contributed by atoms with van der Waals surface area (Å²) >= 11 is 0. The monoisotopic (exact) mass is 492 g/mol. The van der Waals surface area contributed by atoms with Gasteiger partial charge in [-0.1, -0.05) is 42.5 Å². The molecule has 0 bridgehead atoms. The quantitative estimate of drug-likeness (QED) is 0.453. The van der Waals surface area contributed by atoms with Gasteiger partial charge in [-0.2, -0.15) is 13.2 Å². The maximum Gasteiger partial charge on any atom is 0.419 e. The van der Waals surface area contributed by atoms with Crippen molar-refractivity contribution >= 4 is 15.5 Å². The Morgan fingerprint density at radius 1 is 0.941 bits per heavy atom. The van der Waals surface area contributed by atoms with Crippen molar-refractivity contribution in [2.45, 2.75) is 23.7 Å². The van der Waals surface area contributed by atoms with E-state index in [9.17, 15) is 26.0 Å². The van der Waals surface area contributed by atoms with Crippen LogP contribution in [-0.4, -0.2) is 39.2 Å². The minimum Gasteiger partial charge on any atom is -0.368 e. The van der Waals surface area contributed by atoms with Gasteiger partial charge >= 0.3 is 6.18 Å². The lowest BCUT2D eigenvalue weighted by atomic mass is 10.0. The van der Waals surface area contributed by atoms with Gasteiger partial charge in [0.2, 0.25) is 0 Å². The molecule has 0 saturated carbocycles. The van der Waals surface area contributed by atoms with E-state index in [1.807, 2.05) is 36.4 Å². The Hall–Kier alpha value is -2.91. The van der Waals surface area contributed by atoms with Crippen LogP contribution in [0.25, 0.3) is 0 Å². The molecule has 0 N–H and O–H groups in total. The minimum absolute atomic E-state index is 0.123. The third-order valence-electron chi connectivity index (χ3n) is 6.01. The molecule has 0 amide bonds. The van der Waals surface area contributed by atoms with Gasteiger partial charge in [-0.25, -0.2) is 12.8 Å². The zero-order valence-electron chi connectivity index (χ0n) is 18.5. The minimum atomic E-state index is -4.73. The number of alkyl halides is 3. The molecule has 1 unspecified atom stereocenters. The maximum atomic E-state index is 14.1. The Morgan fingerprint density at radius 2 is 1.68 bits per heavy atom. The summed E-state index contributed by atoms with van der Waals surface area (Å²) in [6, 6.07) is 19.4. The first kappa shape index (κ1) is 24.2. The summed E-state index contributed by atoms with van der Waals surface area (Å²) in [5, 5.41) is 0. The number of benzene rings is 3. The van der Waals surface area contributed by atoms with Gasteiger partial charge in [-0.15, -0.1) is 0 Å². The van der Waals surface area contributed by atoms with Crippen molar-refractivity contribution in [2.75, 3.05) is 30.8 Å². The van der Waals surface area contributed by atoms with Gasteiger partial charge in [-0.05, 0) is 41.5 Å². The second kappa shape index (κ2) is 9.38. The standard InChI is InChI=1S/C25H24F4N2O2S/c1-34(32,33)21-9-5-8-20(15-21)30-12-13-31(24(17-30)19-6-3-2-4-7-19)16-18-10-11-22(23(26)14-18)25(27,28)29/h2-11,14-15,24H,12-13,16-17H2,1H3. The molecule has 0 spiro atoms. The lowest BCUT2D eigenvalue weighted by Gasteiger charge is -2.43. The predicted octanol–water partition coefficient (Wildman–Crippen LogP) is 5.31.